The second-order valence-electron chi connectivity index (χ2n) is 4.38. The third-order valence-electron chi connectivity index (χ3n) is 2.93. The molecule has 20 heavy (non-hydrogen) atoms. The molecular formula is C16H13N3S. The summed E-state index contributed by atoms with van der Waals surface area (Å²) in [4.78, 5) is 4.04. The fraction of sp³-hybridized carbons (Fsp3) is 0. The molecule has 4 heteroatoms. The van der Waals surface area contributed by atoms with Gasteiger partial charge >= 0.3 is 0 Å². The molecule has 0 radical (unpaired) electrons. The predicted molar refractivity (Wildman–Crippen MR) is 88.0 cm³/mol. The summed E-state index contributed by atoms with van der Waals surface area (Å²) in [7, 11) is 0. The van der Waals surface area contributed by atoms with Crippen LogP contribution in [0.5, 0.6) is 0 Å². The van der Waals surface area contributed by atoms with Crippen molar-refractivity contribution in [2.24, 2.45) is 0 Å². The van der Waals surface area contributed by atoms with Crippen LogP contribution < -0.4 is 10.6 Å². The van der Waals surface area contributed by atoms with E-state index >= 15 is 0 Å². The Morgan fingerprint density at radius 1 is 0.850 bits per heavy atom. The van der Waals surface area contributed by atoms with Gasteiger partial charge in [-0.2, -0.15) is 0 Å². The Kier molecular flexibility index (Phi) is 3.56. The number of nitrogens with one attached hydrogen (secondary N) is 2. The maximum Gasteiger partial charge on any atom is 0.175 e. The van der Waals surface area contributed by atoms with Crippen molar-refractivity contribution < 1.29 is 0 Å². The van der Waals surface area contributed by atoms with Crippen molar-refractivity contribution in [3.63, 3.8) is 0 Å². The Bertz CT molecular complexity index is 741. The van der Waals surface area contributed by atoms with Crippen molar-refractivity contribution in [3.8, 4) is 0 Å². The zero-order valence-electron chi connectivity index (χ0n) is 10.7. The minimum Gasteiger partial charge on any atom is -0.332 e. The van der Waals surface area contributed by atoms with Gasteiger partial charge in [0.05, 0.1) is 11.9 Å². The molecule has 0 fully saturated rings. The molecule has 0 amide bonds. The highest BCUT2D eigenvalue weighted by Gasteiger charge is 2.00. The van der Waals surface area contributed by atoms with E-state index in [1.54, 1.807) is 12.4 Å². The fourth-order valence-electron chi connectivity index (χ4n) is 2.00. The Morgan fingerprint density at radius 3 is 2.45 bits per heavy atom. The number of aromatic nitrogens is 1. The van der Waals surface area contributed by atoms with Gasteiger partial charge in [0.1, 0.15) is 0 Å². The summed E-state index contributed by atoms with van der Waals surface area (Å²) in [5.74, 6) is 0. The molecule has 2 N–H and O–H groups in total. The normalized spacial score (nSPS) is 10.2. The fourth-order valence-corrected chi connectivity index (χ4v) is 2.23. The molecule has 3 rings (SSSR count). The molecule has 3 nitrogen and oxygen atoms in total. The van der Waals surface area contributed by atoms with Crippen LogP contribution in [0.3, 0.4) is 0 Å². The van der Waals surface area contributed by atoms with E-state index in [1.807, 2.05) is 30.3 Å². The lowest BCUT2D eigenvalue weighted by Gasteiger charge is -2.10. The Hall–Kier alpha value is -2.46. The van der Waals surface area contributed by atoms with E-state index in [-0.39, 0.29) is 0 Å². The molecular weight excluding hydrogens is 266 g/mol. The van der Waals surface area contributed by atoms with Gasteiger partial charge < -0.3 is 10.6 Å². The standard InChI is InChI=1S/C16H13N3S/c20-16(19-15-6-3-9-17-11-15)18-14-8-7-12-4-1-2-5-13(12)10-14/h1-11H,(H2,18,19,20). The molecule has 0 unspecified atom stereocenters. The molecule has 0 spiro atoms. The van der Waals surface area contributed by atoms with E-state index in [2.05, 4.69) is 39.9 Å². The number of hydrogen-bond acceptors (Lipinski definition) is 2. The van der Waals surface area contributed by atoms with Gasteiger partial charge in [0.15, 0.2) is 5.11 Å². The SMILES string of the molecule is S=C(Nc1cccnc1)Nc1ccc2ccccc2c1. The van der Waals surface area contributed by atoms with Gasteiger partial charge in [-0.05, 0) is 47.3 Å². The zero-order chi connectivity index (χ0) is 13.8. The van der Waals surface area contributed by atoms with Gasteiger partial charge in [0, 0.05) is 11.9 Å². The first-order chi connectivity index (χ1) is 9.81. The molecule has 0 aliphatic heterocycles. The Morgan fingerprint density at radius 2 is 1.65 bits per heavy atom. The highest BCUT2D eigenvalue weighted by atomic mass is 32.1. The van der Waals surface area contributed by atoms with E-state index in [4.69, 9.17) is 12.2 Å². The number of rotatable bonds is 2. The molecule has 2 aromatic carbocycles. The number of anilines is 2. The summed E-state index contributed by atoms with van der Waals surface area (Å²) in [6.07, 6.45) is 3.46. The summed E-state index contributed by atoms with van der Waals surface area (Å²) in [6, 6.07) is 18.2. The molecule has 0 bridgehead atoms. The molecule has 0 aliphatic carbocycles. The van der Waals surface area contributed by atoms with Crippen LogP contribution in [0.1, 0.15) is 0 Å². The number of thiocarbonyl (C=S) groups is 1. The summed E-state index contributed by atoms with van der Waals surface area (Å²) >= 11 is 5.29. The molecule has 98 valence electrons. The average molecular weight is 279 g/mol. The number of pyridine rings is 1. The monoisotopic (exact) mass is 279 g/mol. The first-order valence-corrected chi connectivity index (χ1v) is 6.69. The minimum atomic E-state index is 0.549. The van der Waals surface area contributed by atoms with Gasteiger partial charge in [-0.3, -0.25) is 4.98 Å². The maximum absolute atomic E-state index is 5.29. The lowest BCUT2D eigenvalue weighted by molar-refractivity contribution is 1.33. The first kappa shape index (κ1) is 12.6. The minimum absolute atomic E-state index is 0.549. The van der Waals surface area contributed by atoms with Gasteiger partial charge in [-0.15, -0.1) is 0 Å². The third-order valence-corrected chi connectivity index (χ3v) is 3.13. The van der Waals surface area contributed by atoms with Crippen LogP contribution in [-0.2, 0) is 0 Å². The van der Waals surface area contributed by atoms with Gasteiger partial charge in [0.25, 0.3) is 0 Å². The van der Waals surface area contributed by atoms with Crippen molar-refractivity contribution in [3.05, 3.63) is 67.0 Å². The van der Waals surface area contributed by atoms with Crippen LogP contribution in [0.4, 0.5) is 11.4 Å². The smallest absolute Gasteiger partial charge is 0.175 e. The maximum atomic E-state index is 5.29. The molecule has 3 aromatic rings. The van der Waals surface area contributed by atoms with Crippen molar-refractivity contribution in [1.82, 2.24) is 4.98 Å². The molecule has 1 heterocycles. The molecule has 0 saturated heterocycles. The molecule has 0 atom stereocenters. The van der Waals surface area contributed by atoms with E-state index in [0.29, 0.717) is 5.11 Å². The summed E-state index contributed by atoms with van der Waals surface area (Å²) < 4.78 is 0. The van der Waals surface area contributed by atoms with E-state index in [1.165, 1.54) is 10.8 Å². The second-order valence-corrected chi connectivity index (χ2v) is 4.79. The van der Waals surface area contributed by atoms with Crippen LogP contribution in [-0.4, -0.2) is 10.1 Å². The van der Waals surface area contributed by atoms with E-state index in [0.717, 1.165) is 11.4 Å². The second kappa shape index (κ2) is 5.67. The summed E-state index contributed by atoms with van der Waals surface area (Å²) in [5, 5.41) is 9.22. The van der Waals surface area contributed by atoms with Crippen molar-refractivity contribution in [2.45, 2.75) is 0 Å². The first-order valence-electron chi connectivity index (χ1n) is 6.28. The van der Waals surface area contributed by atoms with Gasteiger partial charge in [0.2, 0.25) is 0 Å². The van der Waals surface area contributed by atoms with Crippen molar-refractivity contribution >= 4 is 39.5 Å². The van der Waals surface area contributed by atoms with Crippen LogP contribution in [0, 0.1) is 0 Å². The van der Waals surface area contributed by atoms with E-state index < -0.39 is 0 Å². The highest BCUT2D eigenvalue weighted by Crippen LogP contribution is 2.19. The quantitative estimate of drug-likeness (QED) is 0.694. The van der Waals surface area contributed by atoms with E-state index in [9.17, 15) is 0 Å². The van der Waals surface area contributed by atoms with Crippen LogP contribution in [0.2, 0.25) is 0 Å². The van der Waals surface area contributed by atoms with Gasteiger partial charge in [-0.25, -0.2) is 0 Å². The lowest BCUT2D eigenvalue weighted by Crippen LogP contribution is -2.19. The summed E-state index contributed by atoms with van der Waals surface area (Å²) in [6.45, 7) is 0. The molecule has 0 aliphatic rings. The lowest BCUT2D eigenvalue weighted by atomic mass is 10.1. The number of benzene rings is 2. The van der Waals surface area contributed by atoms with Gasteiger partial charge in [-0.1, -0.05) is 30.3 Å². The number of hydrogen-bond donors (Lipinski definition) is 2. The third kappa shape index (κ3) is 2.92. The topological polar surface area (TPSA) is 37.0 Å². The molecule has 0 saturated carbocycles. The Labute approximate surface area is 122 Å². The van der Waals surface area contributed by atoms with Crippen LogP contribution >= 0.6 is 12.2 Å². The Balaban J connectivity index is 1.74. The van der Waals surface area contributed by atoms with Crippen molar-refractivity contribution in [2.75, 3.05) is 10.6 Å². The molecule has 1 aromatic heterocycles. The van der Waals surface area contributed by atoms with Crippen molar-refractivity contribution in [1.29, 1.82) is 0 Å². The largest absolute Gasteiger partial charge is 0.332 e. The highest BCUT2D eigenvalue weighted by molar-refractivity contribution is 7.80. The zero-order valence-corrected chi connectivity index (χ0v) is 11.5. The predicted octanol–water partition coefficient (Wildman–Crippen LogP) is 4.04. The van der Waals surface area contributed by atoms with Crippen LogP contribution in [0.15, 0.2) is 67.0 Å². The van der Waals surface area contributed by atoms with Crippen LogP contribution in [0.25, 0.3) is 10.8 Å². The number of fused-ring (bicyclic) bond motifs is 1. The average Bonchev–Trinajstić information content (AvgIpc) is 2.48. The number of nitrogens with zero attached hydrogens (tertiary/aromatic N) is 1. The summed E-state index contributed by atoms with van der Waals surface area (Å²) in [5.41, 5.74) is 1.83.